The summed E-state index contributed by atoms with van der Waals surface area (Å²) in [5.41, 5.74) is 2.42. The fourth-order valence-electron chi connectivity index (χ4n) is 5.89. The van der Waals surface area contributed by atoms with Crippen molar-refractivity contribution in [1.29, 1.82) is 5.26 Å². The number of rotatable bonds is 8. The van der Waals surface area contributed by atoms with Crippen molar-refractivity contribution < 1.29 is 9.47 Å². The minimum absolute atomic E-state index is 0.404. The number of halogens is 1. The molecule has 3 fully saturated rings. The van der Waals surface area contributed by atoms with Crippen molar-refractivity contribution in [3.05, 3.63) is 41.2 Å². The molecule has 0 bridgehead atoms. The molecular weight excluding hydrogens is 486 g/mol. The van der Waals surface area contributed by atoms with Gasteiger partial charge in [-0.3, -0.25) is 9.88 Å². The lowest BCUT2D eigenvalue weighted by Gasteiger charge is -2.34. The van der Waals surface area contributed by atoms with E-state index in [4.69, 9.17) is 26.1 Å². The highest BCUT2D eigenvalue weighted by Gasteiger charge is 2.32. The highest BCUT2D eigenvalue weighted by molar-refractivity contribution is 6.33. The lowest BCUT2D eigenvalue weighted by atomic mass is 9.79. The van der Waals surface area contributed by atoms with Crippen LogP contribution in [-0.4, -0.2) is 67.5 Å². The molecule has 37 heavy (non-hydrogen) atoms. The molecular formula is C29H38ClN5O2. The molecule has 1 aliphatic carbocycles. The second-order valence-corrected chi connectivity index (χ2v) is 11.3. The number of nitrogens with one attached hydrogen (secondary N) is 1. The van der Waals surface area contributed by atoms with Gasteiger partial charge in [0.05, 0.1) is 35.4 Å². The van der Waals surface area contributed by atoms with E-state index in [1.165, 1.54) is 32.2 Å². The first-order chi connectivity index (χ1) is 18.1. The SMILES string of the molecule is N#CC1(CNc2cccc(-c3cc(CC4CCC(CN5CCOCC5)CC4)ncc3Cl)n2)CCOCC1. The Hall–Kier alpha value is -2.24. The largest absolute Gasteiger partial charge is 0.381 e. The van der Waals surface area contributed by atoms with Crippen LogP contribution in [0.25, 0.3) is 11.3 Å². The Bertz CT molecular complexity index is 1070. The molecule has 8 heteroatoms. The van der Waals surface area contributed by atoms with Crippen LogP contribution in [-0.2, 0) is 15.9 Å². The number of morpholine rings is 1. The quantitative estimate of drug-likeness (QED) is 0.508. The third-order valence-corrected chi connectivity index (χ3v) is 8.62. The molecule has 0 spiro atoms. The molecule has 198 valence electrons. The highest BCUT2D eigenvalue weighted by atomic mass is 35.5. The predicted octanol–water partition coefficient (Wildman–Crippen LogP) is 5.21. The van der Waals surface area contributed by atoms with E-state index in [9.17, 15) is 5.26 Å². The zero-order valence-electron chi connectivity index (χ0n) is 21.6. The van der Waals surface area contributed by atoms with E-state index in [1.807, 2.05) is 18.2 Å². The fraction of sp³-hybridized carbons (Fsp3) is 0.621. The van der Waals surface area contributed by atoms with Gasteiger partial charge in [-0.15, -0.1) is 0 Å². The number of nitrogens with zero attached hydrogens (tertiary/aromatic N) is 4. The van der Waals surface area contributed by atoms with Crippen molar-refractivity contribution in [1.82, 2.24) is 14.9 Å². The van der Waals surface area contributed by atoms with Gasteiger partial charge in [-0.25, -0.2) is 4.98 Å². The molecule has 1 saturated carbocycles. The standard InChI is InChI=1S/C29H38ClN5O2/c30-26-18-32-24(16-22-4-6-23(7-5-22)19-35-10-14-37-15-11-35)17-25(26)27-2-1-3-28(34-27)33-21-29(20-31)8-12-36-13-9-29/h1-3,17-18,22-23H,4-16,19,21H2,(H,33,34). The molecule has 0 radical (unpaired) electrons. The number of anilines is 1. The van der Waals surface area contributed by atoms with E-state index >= 15 is 0 Å². The van der Waals surface area contributed by atoms with Crippen LogP contribution < -0.4 is 5.32 Å². The maximum atomic E-state index is 9.74. The molecule has 0 atom stereocenters. The summed E-state index contributed by atoms with van der Waals surface area (Å²) >= 11 is 6.59. The summed E-state index contributed by atoms with van der Waals surface area (Å²) in [6.07, 6.45) is 9.36. The first-order valence-corrected chi connectivity index (χ1v) is 14.2. The molecule has 2 saturated heterocycles. The predicted molar refractivity (Wildman–Crippen MR) is 145 cm³/mol. The van der Waals surface area contributed by atoms with Gasteiger partial charge >= 0.3 is 0 Å². The summed E-state index contributed by atoms with van der Waals surface area (Å²) in [6, 6.07) is 10.5. The van der Waals surface area contributed by atoms with Gasteiger partial charge in [0.1, 0.15) is 5.82 Å². The lowest BCUT2D eigenvalue weighted by Crippen LogP contribution is -2.40. The van der Waals surface area contributed by atoms with Crippen LogP contribution in [0.5, 0.6) is 0 Å². The van der Waals surface area contributed by atoms with Crippen LogP contribution in [0.15, 0.2) is 30.5 Å². The minimum Gasteiger partial charge on any atom is -0.381 e. The van der Waals surface area contributed by atoms with Gasteiger partial charge in [0.25, 0.3) is 0 Å². The second-order valence-electron chi connectivity index (χ2n) is 10.9. The number of hydrogen-bond donors (Lipinski definition) is 1. The summed E-state index contributed by atoms with van der Waals surface area (Å²) < 4.78 is 10.9. The molecule has 1 N–H and O–H groups in total. The van der Waals surface area contributed by atoms with Crippen molar-refractivity contribution in [2.45, 2.75) is 44.9 Å². The Morgan fingerprint density at radius 1 is 1.05 bits per heavy atom. The first-order valence-electron chi connectivity index (χ1n) is 13.8. The Morgan fingerprint density at radius 3 is 2.54 bits per heavy atom. The zero-order chi connectivity index (χ0) is 25.5. The van der Waals surface area contributed by atoms with Crippen LogP contribution in [0.2, 0.25) is 5.02 Å². The average molecular weight is 524 g/mol. The van der Waals surface area contributed by atoms with E-state index in [-0.39, 0.29) is 0 Å². The number of hydrogen-bond acceptors (Lipinski definition) is 7. The van der Waals surface area contributed by atoms with Crippen LogP contribution in [0.4, 0.5) is 5.82 Å². The van der Waals surface area contributed by atoms with Gasteiger partial charge in [-0.2, -0.15) is 5.26 Å². The Balaban J connectivity index is 1.18. The third kappa shape index (κ3) is 7.00. The van der Waals surface area contributed by atoms with Gasteiger partial charge in [-0.1, -0.05) is 17.7 Å². The second kappa shape index (κ2) is 12.5. The van der Waals surface area contributed by atoms with Crippen molar-refractivity contribution >= 4 is 17.4 Å². The normalized spacial score (nSPS) is 24.3. The van der Waals surface area contributed by atoms with Gasteiger partial charge in [0.2, 0.25) is 0 Å². The number of ether oxygens (including phenoxy) is 2. The lowest BCUT2D eigenvalue weighted by molar-refractivity contribution is 0.0264. The molecule has 0 aromatic carbocycles. The van der Waals surface area contributed by atoms with E-state index in [2.05, 4.69) is 27.3 Å². The summed E-state index contributed by atoms with van der Waals surface area (Å²) in [4.78, 5) is 12.1. The molecule has 0 unspecified atom stereocenters. The average Bonchev–Trinajstić information content (AvgIpc) is 2.95. The molecule has 2 aromatic heterocycles. The van der Waals surface area contributed by atoms with Crippen LogP contribution in [0.1, 0.15) is 44.2 Å². The van der Waals surface area contributed by atoms with E-state index in [0.717, 1.165) is 74.3 Å². The number of nitriles is 1. The molecule has 4 heterocycles. The van der Waals surface area contributed by atoms with Gasteiger partial charge in [0, 0.05) is 56.8 Å². The summed E-state index contributed by atoms with van der Waals surface area (Å²) in [5.74, 6) is 2.24. The van der Waals surface area contributed by atoms with Gasteiger partial charge < -0.3 is 14.8 Å². The van der Waals surface area contributed by atoms with Gasteiger partial charge in [-0.05, 0) is 75.0 Å². The number of pyridine rings is 2. The summed E-state index contributed by atoms with van der Waals surface area (Å²) in [5, 5.41) is 13.7. The van der Waals surface area contributed by atoms with Crippen molar-refractivity contribution in [2.75, 3.05) is 57.9 Å². The Kier molecular flexibility index (Phi) is 8.93. The molecule has 0 amide bonds. The fourth-order valence-corrected chi connectivity index (χ4v) is 6.09. The topological polar surface area (TPSA) is 83.3 Å². The van der Waals surface area contributed by atoms with E-state index in [0.29, 0.717) is 30.7 Å². The van der Waals surface area contributed by atoms with Crippen LogP contribution in [0.3, 0.4) is 0 Å². The summed E-state index contributed by atoms with van der Waals surface area (Å²) in [6.45, 7) is 6.97. The molecule has 2 aromatic rings. The first kappa shape index (κ1) is 26.4. The van der Waals surface area contributed by atoms with E-state index < -0.39 is 5.41 Å². The molecule has 2 aliphatic heterocycles. The third-order valence-electron chi connectivity index (χ3n) is 8.32. The summed E-state index contributed by atoms with van der Waals surface area (Å²) in [7, 11) is 0. The maximum Gasteiger partial charge on any atom is 0.126 e. The van der Waals surface area contributed by atoms with Crippen molar-refractivity contribution in [2.24, 2.45) is 17.3 Å². The Morgan fingerprint density at radius 2 is 1.78 bits per heavy atom. The zero-order valence-corrected chi connectivity index (χ0v) is 22.4. The molecule has 7 nitrogen and oxygen atoms in total. The van der Waals surface area contributed by atoms with Crippen molar-refractivity contribution in [3.63, 3.8) is 0 Å². The van der Waals surface area contributed by atoms with Crippen molar-refractivity contribution in [3.8, 4) is 17.3 Å². The van der Waals surface area contributed by atoms with Crippen LogP contribution in [0, 0.1) is 28.6 Å². The van der Waals surface area contributed by atoms with Gasteiger partial charge in [0.15, 0.2) is 0 Å². The Labute approximate surface area is 225 Å². The molecule has 3 aliphatic rings. The highest BCUT2D eigenvalue weighted by Crippen LogP contribution is 2.34. The smallest absolute Gasteiger partial charge is 0.126 e. The van der Waals surface area contributed by atoms with E-state index in [1.54, 1.807) is 6.20 Å². The molecule has 5 rings (SSSR count). The van der Waals surface area contributed by atoms with Crippen LogP contribution >= 0.6 is 11.6 Å². The number of aromatic nitrogens is 2. The monoisotopic (exact) mass is 523 g/mol. The minimum atomic E-state index is -0.404. The maximum absolute atomic E-state index is 9.74.